The van der Waals surface area contributed by atoms with E-state index in [-0.39, 0.29) is 11.4 Å². The topological polar surface area (TPSA) is 12.0 Å². The molecule has 0 spiro atoms. The van der Waals surface area contributed by atoms with Crippen molar-refractivity contribution in [2.45, 2.75) is 24.8 Å². The molecule has 1 aromatic carbocycles. The SMILES string of the molecule is CNC1(Cc2ccc(Br)c(F)c2)CC1. The third-order valence-corrected chi connectivity index (χ3v) is 3.55. The van der Waals surface area contributed by atoms with E-state index in [9.17, 15) is 4.39 Å². The first kappa shape index (κ1) is 10.1. The zero-order valence-electron chi connectivity index (χ0n) is 8.11. The van der Waals surface area contributed by atoms with E-state index in [1.807, 2.05) is 13.1 Å². The molecule has 0 aliphatic heterocycles. The Hall–Kier alpha value is -0.410. The standard InChI is InChI=1S/C11H13BrFN/c1-14-11(4-5-11)7-8-2-3-9(12)10(13)6-8/h2-3,6,14H,4-5,7H2,1H3. The van der Waals surface area contributed by atoms with Crippen LogP contribution in [0.5, 0.6) is 0 Å². The normalized spacial score (nSPS) is 18.2. The maximum absolute atomic E-state index is 13.2. The number of benzene rings is 1. The summed E-state index contributed by atoms with van der Waals surface area (Å²) in [5.74, 6) is -0.172. The molecule has 0 saturated heterocycles. The maximum Gasteiger partial charge on any atom is 0.137 e. The van der Waals surface area contributed by atoms with Gasteiger partial charge in [0.2, 0.25) is 0 Å². The van der Waals surface area contributed by atoms with Gasteiger partial charge < -0.3 is 5.32 Å². The van der Waals surface area contributed by atoms with Gasteiger partial charge >= 0.3 is 0 Å². The van der Waals surface area contributed by atoms with Crippen molar-refractivity contribution in [1.29, 1.82) is 0 Å². The summed E-state index contributed by atoms with van der Waals surface area (Å²) in [5, 5.41) is 3.30. The molecule has 1 aromatic rings. The lowest BCUT2D eigenvalue weighted by Gasteiger charge is -2.13. The van der Waals surface area contributed by atoms with Gasteiger partial charge in [-0.05, 0) is 59.9 Å². The van der Waals surface area contributed by atoms with Crippen molar-refractivity contribution in [2.24, 2.45) is 0 Å². The van der Waals surface area contributed by atoms with Crippen LogP contribution in [0.15, 0.2) is 22.7 Å². The molecule has 1 nitrogen and oxygen atoms in total. The summed E-state index contributed by atoms with van der Waals surface area (Å²) in [6.07, 6.45) is 3.32. The second kappa shape index (κ2) is 3.63. The van der Waals surface area contributed by atoms with Crippen LogP contribution in [-0.4, -0.2) is 12.6 Å². The Kier molecular flexibility index (Phi) is 2.62. The highest BCUT2D eigenvalue weighted by molar-refractivity contribution is 9.10. The minimum Gasteiger partial charge on any atom is -0.314 e. The Morgan fingerprint density at radius 3 is 2.71 bits per heavy atom. The predicted octanol–water partition coefficient (Wildman–Crippen LogP) is 2.88. The number of rotatable bonds is 3. The monoisotopic (exact) mass is 257 g/mol. The van der Waals surface area contributed by atoms with Crippen molar-refractivity contribution in [3.63, 3.8) is 0 Å². The van der Waals surface area contributed by atoms with Crippen molar-refractivity contribution < 1.29 is 4.39 Å². The summed E-state index contributed by atoms with van der Waals surface area (Å²) in [4.78, 5) is 0. The molecule has 0 bridgehead atoms. The third kappa shape index (κ3) is 1.98. The lowest BCUT2D eigenvalue weighted by molar-refractivity contribution is 0.544. The molecule has 0 heterocycles. The summed E-state index contributed by atoms with van der Waals surface area (Å²) < 4.78 is 13.7. The molecule has 0 atom stereocenters. The van der Waals surface area contributed by atoms with Crippen LogP contribution >= 0.6 is 15.9 Å². The average molecular weight is 258 g/mol. The molecule has 2 rings (SSSR count). The van der Waals surface area contributed by atoms with Gasteiger partial charge in [-0.1, -0.05) is 6.07 Å². The van der Waals surface area contributed by atoms with Crippen molar-refractivity contribution in [1.82, 2.24) is 5.32 Å². The summed E-state index contributed by atoms with van der Waals surface area (Å²) >= 11 is 3.15. The molecule has 76 valence electrons. The number of hydrogen-bond acceptors (Lipinski definition) is 1. The highest BCUT2D eigenvalue weighted by atomic mass is 79.9. The summed E-state index contributed by atoms with van der Waals surface area (Å²) in [5.41, 5.74) is 1.32. The lowest BCUT2D eigenvalue weighted by atomic mass is 10.0. The Morgan fingerprint density at radius 1 is 1.50 bits per heavy atom. The van der Waals surface area contributed by atoms with Crippen molar-refractivity contribution in [3.05, 3.63) is 34.1 Å². The molecule has 1 aliphatic rings. The Labute approximate surface area is 91.8 Å². The second-order valence-corrected chi connectivity index (χ2v) is 4.81. The fourth-order valence-electron chi connectivity index (χ4n) is 1.71. The smallest absolute Gasteiger partial charge is 0.137 e. The van der Waals surface area contributed by atoms with E-state index >= 15 is 0 Å². The van der Waals surface area contributed by atoms with Gasteiger partial charge in [-0.15, -0.1) is 0 Å². The Morgan fingerprint density at radius 2 is 2.21 bits per heavy atom. The molecule has 1 aliphatic carbocycles. The van der Waals surface area contributed by atoms with Crippen LogP contribution in [-0.2, 0) is 6.42 Å². The Balaban J connectivity index is 2.14. The second-order valence-electron chi connectivity index (χ2n) is 3.96. The summed E-state index contributed by atoms with van der Waals surface area (Å²) in [7, 11) is 1.97. The van der Waals surface area contributed by atoms with E-state index in [0.717, 1.165) is 12.0 Å². The average Bonchev–Trinajstić information content (AvgIpc) is 2.93. The highest BCUT2D eigenvalue weighted by Gasteiger charge is 2.40. The van der Waals surface area contributed by atoms with E-state index in [4.69, 9.17) is 0 Å². The molecule has 1 N–H and O–H groups in total. The van der Waals surface area contributed by atoms with Crippen LogP contribution in [0.25, 0.3) is 0 Å². The summed E-state index contributed by atoms with van der Waals surface area (Å²) in [6, 6.07) is 5.36. The number of nitrogens with one attached hydrogen (secondary N) is 1. The first-order valence-electron chi connectivity index (χ1n) is 4.78. The van der Waals surface area contributed by atoms with Gasteiger partial charge in [0.1, 0.15) is 5.82 Å². The van der Waals surface area contributed by atoms with Crippen LogP contribution in [0.2, 0.25) is 0 Å². The zero-order valence-corrected chi connectivity index (χ0v) is 9.70. The molecule has 0 radical (unpaired) electrons. The highest BCUT2D eigenvalue weighted by Crippen LogP contribution is 2.38. The quantitative estimate of drug-likeness (QED) is 0.879. The molecular formula is C11H13BrFN. The zero-order chi connectivity index (χ0) is 10.2. The molecule has 0 unspecified atom stereocenters. The maximum atomic E-state index is 13.2. The minimum atomic E-state index is -0.172. The minimum absolute atomic E-state index is 0.172. The molecule has 0 aromatic heterocycles. The van der Waals surface area contributed by atoms with Gasteiger partial charge in [0, 0.05) is 5.54 Å². The van der Waals surface area contributed by atoms with E-state index in [1.165, 1.54) is 12.8 Å². The fourth-order valence-corrected chi connectivity index (χ4v) is 1.95. The number of hydrogen-bond donors (Lipinski definition) is 1. The predicted molar refractivity (Wildman–Crippen MR) is 58.8 cm³/mol. The van der Waals surface area contributed by atoms with Gasteiger partial charge in [-0.2, -0.15) is 0 Å². The van der Waals surface area contributed by atoms with Crippen molar-refractivity contribution >= 4 is 15.9 Å². The van der Waals surface area contributed by atoms with Gasteiger partial charge in [0.15, 0.2) is 0 Å². The largest absolute Gasteiger partial charge is 0.314 e. The number of halogens is 2. The first-order valence-corrected chi connectivity index (χ1v) is 5.57. The third-order valence-electron chi connectivity index (χ3n) is 2.91. The van der Waals surface area contributed by atoms with Crippen LogP contribution < -0.4 is 5.32 Å². The summed E-state index contributed by atoms with van der Waals surface area (Å²) in [6.45, 7) is 0. The van der Waals surface area contributed by atoms with Crippen LogP contribution in [0.3, 0.4) is 0 Å². The van der Waals surface area contributed by atoms with Crippen LogP contribution in [0.4, 0.5) is 4.39 Å². The van der Waals surface area contributed by atoms with E-state index in [0.29, 0.717) is 4.47 Å². The molecule has 0 amide bonds. The van der Waals surface area contributed by atoms with Crippen molar-refractivity contribution in [2.75, 3.05) is 7.05 Å². The van der Waals surface area contributed by atoms with E-state index in [1.54, 1.807) is 12.1 Å². The van der Waals surface area contributed by atoms with Crippen LogP contribution in [0, 0.1) is 5.82 Å². The van der Waals surface area contributed by atoms with Gasteiger partial charge in [-0.25, -0.2) is 4.39 Å². The van der Waals surface area contributed by atoms with Crippen LogP contribution in [0.1, 0.15) is 18.4 Å². The molecule has 1 fully saturated rings. The van der Waals surface area contributed by atoms with Crippen molar-refractivity contribution in [3.8, 4) is 0 Å². The first-order chi connectivity index (χ1) is 6.65. The van der Waals surface area contributed by atoms with E-state index < -0.39 is 0 Å². The molecular weight excluding hydrogens is 245 g/mol. The molecule has 3 heteroatoms. The van der Waals surface area contributed by atoms with Gasteiger partial charge in [0.05, 0.1) is 4.47 Å². The van der Waals surface area contributed by atoms with Gasteiger partial charge in [0.25, 0.3) is 0 Å². The fraction of sp³-hybridized carbons (Fsp3) is 0.455. The van der Waals surface area contributed by atoms with E-state index in [2.05, 4.69) is 21.2 Å². The molecule has 14 heavy (non-hydrogen) atoms. The lowest BCUT2D eigenvalue weighted by Crippen LogP contribution is -2.29. The van der Waals surface area contributed by atoms with Gasteiger partial charge in [-0.3, -0.25) is 0 Å². The Bertz CT molecular complexity index is 347. The molecule has 1 saturated carbocycles. The number of likely N-dealkylation sites (N-methyl/N-ethyl adjacent to an activating group) is 1.